The van der Waals surface area contributed by atoms with Crippen molar-refractivity contribution >= 4 is 5.91 Å². The van der Waals surface area contributed by atoms with Crippen LogP contribution in [0.2, 0.25) is 0 Å². The molecule has 1 N–H and O–H groups in total. The maximum absolute atomic E-state index is 10.5. The maximum atomic E-state index is 10.5. The van der Waals surface area contributed by atoms with E-state index in [-0.39, 0.29) is 12.0 Å². The first kappa shape index (κ1) is 5.15. The zero-order chi connectivity index (χ0) is 5.98. The second-order valence-corrected chi connectivity index (χ2v) is 1.59. The average molecular weight is 113 g/mol. The number of nitrogens with one attached hydrogen (secondary N) is 1. The fourth-order valence-corrected chi connectivity index (χ4v) is 0.452. The predicted molar refractivity (Wildman–Crippen MR) is 27.8 cm³/mol. The van der Waals surface area contributed by atoms with Gasteiger partial charge in [-0.3, -0.25) is 4.79 Å². The first-order chi connectivity index (χ1) is 3.80. The number of amides is 1. The first-order valence-corrected chi connectivity index (χ1v) is 2.41. The SMILES string of the molecule is CC1OC=CNC1=O. The highest BCUT2D eigenvalue weighted by molar-refractivity contribution is 5.81. The third-order valence-corrected chi connectivity index (χ3v) is 0.946. The Labute approximate surface area is 47.3 Å². The highest BCUT2D eigenvalue weighted by atomic mass is 16.5. The van der Waals surface area contributed by atoms with E-state index in [4.69, 9.17) is 4.74 Å². The van der Waals surface area contributed by atoms with Gasteiger partial charge in [0, 0.05) is 6.20 Å². The van der Waals surface area contributed by atoms with E-state index in [1.165, 1.54) is 12.5 Å². The minimum absolute atomic E-state index is 0.0903. The van der Waals surface area contributed by atoms with Gasteiger partial charge in [-0.1, -0.05) is 0 Å². The van der Waals surface area contributed by atoms with E-state index < -0.39 is 0 Å². The van der Waals surface area contributed by atoms with Gasteiger partial charge in [0.25, 0.3) is 5.91 Å². The van der Waals surface area contributed by atoms with E-state index >= 15 is 0 Å². The molecule has 1 atom stereocenters. The van der Waals surface area contributed by atoms with Crippen molar-refractivity contribution in [3.8, 4) is 0 Å². The van der Waals surface area contributed by atoms with Crippen molar-refractivity contribution < 1.29 is 9.53 Å². The summed E-state index contributed by atoms with van der Waals surface area (Å²) in [5, 5.41) is 2.49. The Kier molecular flexibility index (Phi) is 1.20. The van der Waals surface area contributed by atoms with Crippen molar-refractivity contribution in [2.75, 3.05) is 0 Å². The Bertz CT molecular complexity index is 130. The van der Waals surface area contributed by atoms with Gasteiger partial charge in [-0.25, -0.2) is 0 Å². The molecule has 44 valence electrons. The normalized spacial score (nSPS) is 26.6. The van der Waals surface area contributed by atoms with Crippen LogP contribution in [0.25, 0.3) is 0 Å². The van der Waals surface area contributed by atoms with Crippen LogP contribution in [0.15, 0.2) is 12.5 Å². The van der Waals surface area contributed by atoms with Crippen molar-refractivity contribution in [3.63, 3.8) is 0 Å². The van der Waals surface area contributed by atoms with Crippen molar-refractivity contribution in [2.24, 2.45) is 0 Å². The molecule has 0 fully saturated rings. The van der Waals surface area contributed by atoms with Crippen LogP contribution < -0.4 is 5.32 Å². The van der Waals surface area contributed by atoms with Gasteiger partial charge in [0.2, 0.25) is 0 Å². The highest BCUT2D eigenvalue weighted by Gasteiger charge is 2.12. The summed E-state index contributed by atoms with van der Waals surface area (Å²) in [6.45, 7) is 1.69. The van der Waals surface area contributed by atoms with Crippen LogP contribution in [0.5, 0.6) is 0 Å². The summed E-state index contributed by atoms with van der Waals surface area (Å²) in [5.74, 6) is -0.0903. The van der Waals surface area contributed by atoms with E-state index in [0.717, 1.165) is 0 Å². The summed E-state index contributed by atoms with van der Waals surface area (Å²) in [7, 11) is 0. The lowest BCUT2D eigenvalue weighted by Crippen LogP contribution is -2.33. The van der Waals surface area contributed by atoms with Crippen LogP contribution in [-0.2, 0) is 9.53 Å². The van der Waals surface area contributed by atoms with Crippen LogP contribution >= 0.6 is 0 Å². The van der Waals surface area contributed by atoms with Gasteiger partial charge in [-0.15, -0.1) is 0 Å². The molecule has 1 rings (SSSR count). The third kappa shape index (κ3) is 0.804. The molecular formula is C5H7NO2. The van der Waals surface area contributed by atoms with E-state index in [1.54, 1.807) is 6.92 Å². The molecule has 8 heavy (non-hydrogen) atoms. The smallest absolute Gasteiger partial charge is 0.264 e. The molecule has 0 bridgehead atoms. The predicted octanol–water partition coefficient (Wildman–Crippen LogP) is -0.00750. The zero-order valence-electron chi connectivity index (χ0n) is 4.55. The standard InChI is InChI=1S/C5H7NO2/c1-4-5(7)6-2-3-8-4/h2-4H,1H3,(H,6,7). The van der Waals surface area contributed by atoms with Crippen molar-refractivity contribution in [1.82, 2.24) is 5.32 Å². The monoisotopic (exact) mass is 113 g/mol. The molecule has 1 aliphatic heterocycles. The van der Waals surface area contributed by atoms with Crippen LogP contribution in [0.4, 0.5) is 0 Å². The molecule has 1 aliphatic rings. The van der Waals surface area contributed by atoms with Crippen LogP contribution in [0.1, 0.15) is 6.92 Å². The number of ether oxygens (including phenoxy) is 1. The lowest BCUT2D eigenvalue weighted by atomic mass is 10.4. The molecule has 0 aromatic rings. The van der Waals surface area contributed by atoms with Crippen molar-refractivity contribution in [3.05, 3.63) is 12.5 Å². The largest absolute Gasteiger partial charge is 0.487 e. The van der Waals surface area contributed by atoms with Crippen molar-refractivity contribution in [1.29, 1.82) is 0 Å². The summed E-state index contributed by atoms with van der Waals surface area (Å²) >= 11 is 0. The minimum Gasteiger partial charge on any atom is -0.487 e. The van der Waals surface area contributed by atoms with Gasteiger partial charge < -0.3 is 10.1 Å². The number of rotatable bonds is 0. The third-order valence-electron chi connectivity index (χ3n) is 0.946. The molecular weight excluding hydrogens is 106 g/mol. The molecule has 1 amide bonds. The molecule has 3 nitrogen and oxygen atoms in total. The second-order valence-electron chi connectivity index (χ2n) is 1.59. The quantitative estimate of drug-likeness (QED) is 0.480. The number of carbonyl (C=O) groups is 1. The van der Waals surface area contributed by atoms with Gasteiger partial charge in [-0.05, 0) is 6.92 Å². The van der Waals surface area contributed by atoms with E-state index in [2.05, 4.69) is 5.32 Å². The Hall–Kier alpha value is -0.990. The highest BCUT2D eigenvalue weighted by Crippen LogP contribution is 1.95. The Morgan fingerprint density at radius 1 is 1.88 bits per heavy atom. The van der Waals surface area contributed by atoms with Gasteiger partial charge in [0.15, 0.2) is 6.10 Å². The summed E-state index contributed by atoms with van der Waals surface area (Å²) in [5.41, 5.74) is 0. The van der Waals surface area contributed by atoms with E-state index in [9.17, 15) is 4.79 Å². The molecule has 0 spiro atoms. The number of hydrogen-bond acceptors (Lipinski definition) is 2. The summed E-state index contributed by atoms with van der Waals surface area (Å²) in [6, 6.07) is 0. The van der Waals surface area contributed by atoms with Gasteiger partial charge in [0.1, 0.15) is 6.26 Å². The molecule has 0 aromatic heterocycles. The Morgan fingerprint density at radius 3 is 3.00 bits per heavy atom. The summed E-state index contributed by atoms with van der Waals surface area (Å²) < 4.78 is 4.80. The fraction of sp³-hybridized carbons (Fsp3) is 0.400. The van der Waals surface area contributed by atoms with Gasteiger partial charge >= 0.3 is 0 Å². The van der Waals surface area contributed by atoms with Crippen LogP contribution in [0.3, 0.4) is 0 Å². The maximum Gasteiger partial charge on any atom is 0.264 e. The Morgan fingerprint density at radius 2 is 2.62 bits per heavy atom. The molecule has 1 heterocycles. The van der Waals surface area contributed by atoms with Crippen LogP contribution in [-0.4, -0.2) is 12.0 Å². The lowest BCUT2D eigenvalue weighted by Gasteiger charge is -2.13. The first-order valence-electron chi connectivity index (χ1n) is 2.41. The molecule has 0 aliphatic carbocycles. The molecule has 0 saturated carbocycles. The molecule has 0 aromatic carbocycles. The molecule has 0 radical (unpaired) electrons. The van der Waals surface area contributed by atoms with Gasteiger partial charge in [0.05, 0.1) is 0 Å². The van der Waals surface area contributed by atoms with E-state index in [0.29, 0.717) is 0 Å². The zero-order valence-corrected chi connectivity index (χ0v) is 4.55. The number of carbonyl (C=O) groups excluding carboxylic acids is 1. The van der Waals surface area contributed by atoms with Crippen LogP contribution in [0, 0.1) is 0 Å². The fourth-order valence-electron chi connectivity index (χ4n) is 0.452. The lowest BCUT2D eigenvalue weighted by molar-refractivity contribution is -0.129. The second kappa shape index (κ2) is 1.86. The average Bonchev–Trinajstić information content (AvgIpc) is 1.77. The van der Waals surface area contributed by atoms with Gasteiger partial charge in [-0.2, -0.15) is 0 Å². The van der Waals surface area contributed by atoms with E-state index in [1.807, 2.05) is 0 Å². The number of hydrogen-bond donors (Lipinski definition) is 1. The molecule has 3 heteroatoms. The molecule has 0 saturated heterocycles. The minimum atomic E-state index is -0.333. The van der Waals surface area contributed by atoms with Crippen molar-refractivity contribution in [2.45, 2.75) is 13.0 Å². The summed E-state index contributed by atoms with van der Waals surface area (Å²) in [6.07, 6.45) is 2.61. The Balaban J connectivity index is 2.57. The summed E-state index contributed by atoms with van der Waals surface area (Å²) in [4.78, 5) is 10.5. The molecule has 1 unspecified atom stereocenters. The topological polar surface area (TPSA) is 38.3 Å².